The Hall–Kier alpha value is -2.72. The van der Waals surface area contributed by atoms with Crippen molar-refractivity contribution in [1.82, 2.24) is 0 Å². The van der Waals surface area contributed by atoms with Gasteiger partial charge in [-0.15, -0.1) is 0 Å². The topological polar surface area (TPSA) is 90.0 Å². The van der Waals surface area contributed by atoms with Gasteiger partial charge in [0.15, 0.2) is 0 Å². The van der Waals surface area contributed by atoms with E-state index in [1.54, 1.807) is 24.3 Å². The molecule has 0 aliphatic rings. The highest BCUT2D eigenvalue weighted by molar-refractivity contribution is 7.87. The maximum absolute atomic E-state index is 12.4. The second-order valence-corrected chi connectivity index (χ2v) is 10.7. The number of aryl methyl sites for hydroxylation is 2. The minimum Gasteiger partial charge on any atom is -0.367 e. The molecule has 0 amide bonds. The SMILES string of the molecule is Cc1ccc(S(=O)(=O)OCCN(CCOS(=O)(=O)c2ccc(C)cc2)c2ccccc2)cc1. The molecule has 0 radical (unpaired) electrons. The first kappa shape index (κ1) is 24.9. The van der Waals surface area contributed by atoms with Gasteiger partial charge in [-0.25, -0.2) is 0 Å². The Morgan fingerprint density at radius 3 is 1.39 bits per heavy atom. The molecule has 3 rings (SSSR count). The largest absolute Gasteiger partial charge is 0.367 e. The van der Waals surface area contributed by atoms with Crippen LogP contribution in [0.1, 0.15) is 11.1 Å². The second-order valence-electron chi connectivity index (χ2n) is 7.50. The first-order valence-corrected chi connectivity index (χ1v) is 13.2. The van der Waals surface area contributed by atoms with Gasteiger partial charge in [0.2, 0.25) is 0 Å². The number of hydrogen-bond acceptors (Lipinski definition) is 7. The van der Waals surface area contributed by atoms with E-state index in [0.717, 1.165) is 16.8 Å². The summed E-state index contributed by atoms with van der Waals surface area (Å²) in [6.45, 7) is 3.99. The van der Waals surface area contributed by atoms with E-state index in [0.29, 0.717) is 0 Å². The van der Waals surface area contributed by atoms with E-state index in [-0.39, 0.29) is 36.1 Å². The first-order chi connectivity index (χ1) is 15.7. The third-order valence-corrected chi connectivity index (χ3v) is 7.59. The van der Waals surface area contributed by atoms with E-state index in [4.69, 9.17) is 8.37 Å². The molecule has 7 nitrogen and oxygen atoms in total. The molecule has 0 N–H and O–H groups in total. The smallest absolute Gasteiger partial charge is 0.297 e. The van der Waals surface area contributed by atoms with Crippen LogP contribution in [0.3, 0.4) is 0 Å². The van der Waals surface area contributed by atoms with Crippen LogP contribution in [0.4, 0.5) is 5.69 Å². The van der Waals surface area contributed by atoms with Crippen molar-refractivity contribution >= 4 is 25.9 Å². The van der Waals surface area contributed by atoms with Crippen molar-refractivity contribution in [3.8, 4) is 0 Å². The summed E-state index contributed by atoms with van der Waals surface area (Å²) in [5.41, 5.74) is 2.69. The zero-order valence-corrected chi connectivity index (χ0v) is 20.2. The molecule has 3 aromatic rings. The van der Waals surface area contributed by atoms with Gasteiger partial charge >= 0.3 is 0 Å². The number of anilines is 1. The molecule has 0 saturated carbocycles. The molecule has 0 heterocycles. The van der Waals surface area contributed by atoms with Gasteiger partial charge in [0.1, 0.15) is 0 Å². The number of benzene rings is 3. The molecule has 0 saturated heterocycles. The predicted molar refractivity (Wildman–Crippen MR) is 127 cm³/mol. The average Bonchev–Trinajstić information content (AvgIpc) is 2.79. The van der Waals surface area contributed by atoms with Crippen LogP contribution >= 0.6 is 0 Å². The Morgan fingerprint density at radius 2 is 1.00 bits per heavy atom. The molecule has 0 atom stereocenters. The third kappa shape index (κ3) is 7.13. The minimum atomic E-state index is -3.89. The molecule has 3 aromatic carbocycles. The lowest BCUT2D eigenvalue weighted by atomic mass is 10.2. The van der Waals surface area contributed by atoms with Crippen LogP contribution < -0.4 is 4.90 Å². The Labute approximate surface area is 195 Å². The number of hydrogen-bond donors (Lipinski definition) is 0. The Kier molecular flexibility index (Phi) is 8.25. The molecule has 0 aromatic heterocycles. The fraction of sp³-hybridized carbons (Fsp3) is 0.250. The van der Waals surface area contributed by atoms with Crippen molar-refractivity contribution in [2.45, 2.75) is 23.6 Å². The fourth-order valence-electron chi connectivity index (χ4n) is 3.07. The first-order valence-electron chi connectivity index (χ1n) is 10.4. The summed E-state index contributed by atoms with van der Waals surface area (Å²) in [4.78, 5) is 1.99. The van der Waals surface area contributed by atoms with Gasteiger partial charge in [0.05, 0.1) is 23.0 Å². The summed E-state index contributed by atoms with van der Waals surface area (Å²) in [6.07, 6.45) is 0. The summed E-state index contributed by atoms with van der Waals surface area (Å²) >= 11 is 0. The Bertz CT molecular complexity index is 1160. The van der Waals surface area contributed by atoms with Gasteiger partial charge in [0, 0.05) is 18.8 Å². The van der Waals surface area contributed by atoms with Crippen LogP contribution in [0.15, 0.2) is 88.7 Å². The normalized spacial score (nSPS) is 11.9. The van der Waals surface area contributed by atoms with Crippen LogP contribution in [0.2, 0.25) is 0 Å². The van der Waals surface area contributed by atoms with Crippen LogP contribution in [0, 0.1) is 13.8 Å². The molecule has 0 fully saturated rings. The third-order valence-electron chi connectivity index (χ3n) is 4.94. The quantitative estimate of drug-likeness (QED) is 0.377. The number of para-hydroxylation sites is 1. The Balaban J connectivity index is 1.62. The van der Waals surface area contributed by atoms with E-state index in [1.807, 2.05) is 49.1 Å². The van der Waals surface area contributed by atoms with Crippen LogP contribution in [-0.2, 0) is 28.6 Å². The highest BCUT2D eigenvalue weighted by Crippen LogP contribution is 2.17. The van der Waals surface area contributed by atoms with Gasteiger partial charge < -0.3 is 4.90 Å². The van der Waals surface area contributed by atoms with Crippen LogP contribution in [0.5, 0.6) is 0 Å². The van der Waals surface area contributed by atoms with E-state index in [2.05, 4.69) is 0 Å². The van der Waals surface area contributed by atoms with Crippen molar-refractivity contribution in [2.75, 3.05) is 31.2 Å². The molecular weight excluding hydrogens is 462 g/mol. The Morgan fingerprint density at radius 1 is 0.606 bits per heavy atom. The van der Waals surface area contributed by atoms with Gasteiger partial charge in [-0.2, -0.15) is 16.8 Å². The van der Waals surface area contributed by atoms with Gasteiger partial charge in [-0.1, -0.05) is 53.6 Å². The summed E-state index contributed by atoms with van der Waals surface area (Å²) < 4.78 is 60.2. The lowest BCUT2D eigenvalue weighted by Crippen LogP contribution is -2.32. The molecule has 0 bridgehead atoms. The zero-order chi connectivity index (χ0) is 23.9. The zero-order valence-electron chi connectivity index (χ0n) is 18.5. The molecule has 0 unspecified atom stereocenters. The molecule has 0 aliphatic carbocycles. The molecule has 0 spiro atoms. The molecular formula is C24H27NO6S2. The van der Waals surface area contributed by atoms with Gasteiger partial charge in [0.25, 0.3) is 20.2 Å². The predicted octanol–water partition coefficient (Wildman–Crippen LogP) is 3.92. The van der Waals surface area contributed by atoms with E-state index in [9.17, 15) is 16.8 Å². The lowest BCUT2D eigenvalue weighted by molar-refractivity contribution is 0.306. The summed E-state index contributed by atoms with van der Waals surface area (Å²) in [7, 11) is -7.78. The second kappa shape index (κ2) is 10.9. The van der Waals surface area contributed by atoms with Gasteiger partial charge in [-0.3, -0.25) is 8.37 Å². The molecule has 9 heteroatoms. The summed E-state index contributed by atoms with van der Waals surface area (Å²) in [5, 5.41) is 0. The van der Waals surface area contributed by atoms with E-state index >= 15 is 0 Å². The van der Waals surface area contributed by atoms with Crippen LogP contribution in [-0.4, -0.2) is 43.1 Å². The average molecular weight is 490 g/mol. The summed E-state index contributed by atoms with van der Waals surface area (Å²) in [6, 6.07) is 22.1. The maximum atomic E-state index is 12.4. The van der Waals surface area contributed by atoms with Crippen LogP contribution in [0.25, 0.3) is 0 Å². The minimum absolute atomic E-state index is 0.0897. The molecule has 33 heavy (non-hydrogen) atoms. The van der Waals surface area contributed by atoms with Crippen molar-refractivity contribution in [3.63, 3.8) is 0 Å². The monoisotopic (exact) mass is 489 g/mol. The molecule has 176 valence electrons. The van der Waals surface area contributed by atoms with E-state index < -0.39 is 20.2 Å². The van der Waals surface area contributed by atoms with Gasteiger partial charge in [-0.05, 0) is 50.2 Å². The highest BCUT2D eigenvalue weighted by atomic mass is 32.2. The molecule has 0 aliphatic heterocycles. The summed E-state index contributed by atoms with van der Waals surface area (Å²) in [5.74, 6) is 0. The number of rotatable bonds is 11. The highest BCUT2D eigenvalue weighted by Gasteiger charge is 2.18. The standard InChI is InChI=1S/C24H27NO6S2/c1-20-8-12-23(13-9-20)32(26,27)30-18-16-25(22-6-4-3-5-7-22)17-19-31-33(28,29)24-14-10-21(2)11-15-24/h3-15H,16-19H2,1-2H3. The number of nitrogens with zero attached hydrogens (tertiary/aromatic N) is 1. The maximum Gasteiger partial charge on any atom is 0.297 e. The fourth-order valence-corrected chi connectivity index (χ4v) is 4.87. The van der Waals surface area contributed by atoms with Crippen molar-refractivity contribution in [1.29, 1.82) is 0 Å². The van der Waals surface area contributed by atoms with E-state index in [1.165, 1.54) is 24.3 Å². The van der Waals surface area contributed by atoms with Crippen molar-refractivity contribution < 1.29 is 25.2 Å². The van der Waals surface area contributed by atoms with Crippen molar-refractivity contribution in [2.24, 2.45) is 0 Å². The van der Waals surface area contributed by atoms with Crippen molar-refractivity contribution in [3.05, 3.63) is 90.0 Å². The lowest BCUT2D eigenvalue weighted by Gasteiger charge is -2.24.